The maximum Gasteiger partial charge on any atom is 0.404 e. The highest BCUT2D eigenvalue weighted by molar-refractivity contribution is 5.79. The van der Waals surface area contributed by atoms with E-state index in [0.29, 0.717) is 51.8 Å². The summed E-state index contributed by atoms with van der Waals surface area (Å²) in [5, 5.41) is 22.8. The molecule has 2 aromatic heterocycles. The number of ether oxygens (including phenoxy) is 1. The Morgan fingerprint density at radius 2 is 2.07 bits per heavy atom. The number of anilines is 2. The Labute approximate surface area is 152 Å². The number of hydrogen-bond donors (Lipinski definition) is 2. The number of amides is 1. The number of nitrogens with zero attached hydrogens (tertiary/aromatic N) is 5. The van der Waals surface area contributed by atoms with Crippen LogP contribution in [0.15, 0.2) is 10.5 Å². The molecule has 0 saturated carbocycles. The van der Waals surface area contributed by atoms with Gasteiger partial charge in [-0.15, -0.1) is 0 Å². The van der Waals surface area contributed by atoms with Gasteiger partial charge in [-0.2, -0.15) is 4.98 Å². The van der Waals surface area contributed by atoms with E-state index in [1.54, 1.807) is 4.90 Å². The number of nitro groups is 1. The number of rotatable bonds is 4. The zero-order valence-corrected chi connectivity index (χ0v) is 14.3. The predicted molar refractivity (Wildman–Crippen MR) is 93.3 cm³/mol. The van der Waals surface area contributed by atoms with Crippen LogP contribution in [-0.2, 0) is 4.74 Å². The molecule has 0 unspecified atom stereocenters. The number of carbonyl (C=O) groups is 1. The molecule has 2 N–H and O–H groups in total. The maximum absolute atomic E-state index is 11.5. The smallest absolute Gasteiger partial charge is 0.404 e. The number of pyridine rings is 1. The van der Waals surface area contributed by atoms with Gasteiger partial charge in [-0.25, -0.2) is 9.78 Å². The minimum absolute atomic E-state index is 0.170. The van der Waals surface area contributed by atoms with Crippen LogP contribution >= 0.6 is 0 Å². The molecule has 4 rings (SSSR count). The largest absolute Gasteiger partial charge is 0.465 e. The minimum Gasteiger partial charge on any atom is -0.465 e. The average molecular weight is 378 g/mol. The van der Waals surface area contributed by atoms with Crippen LogP contribution in [0, 0.1) is 10.1 Å². The summed E-state index contributed by atoms with van der Waals surface area (Å²) in [5.74, 6) is 0.170. The highest BCUT2D eigenvalue weighted by atomic mass is 16.6. The van der Waals surface area contributed by atoms with Gasteiger partial charge in [0.05, 0.1) is 30.2 Å². The van der Waals surface area contributed by atoms with Crippen LogP contribution in [0.3, 0.4) is 0 Å². The molecule has 0 aromatic carbocycles. The van der Waals surface area contributed by atoms with Crippen LogP contribution < -0.4 is 15.1 Å². The Hall–Kier alpha value is -3.15. The second kappa shape index (κ2) is 6.87. The summed E-state index contributed by atoms with van der Waals surface area (Å²) in [4.78, 5) is 34.1. The van der Waals surface area contributed by atoms with Gasteiger partial charge in [-0.1, -0.05) is 0 Å². The average Bonchev–Trinajstić information content (AvgIpc) is 3.27. The predicted octanol–water partition coefficient (Wildman–Crippen LogP) is 0.814. The highest BCUT2D eigenvalue weighted by Gasteiger charge is 2.31. The quantitative estimate of drug-likeness (QED) is 0.578. The van der Waals surface area contributed by atoms with Crippen molar-refractivity contribution in [3.05, 3.63) is 16.2 Å². The summed E-state index contributed by atoms with van der Waals surface area (Å²) < 4.78 is 11.0. The van der Waals surface area contributed by atoms with Crippen molar-refractivity contribution >= 4 is 34.8 Å². The number of carboxylic acid groups (broad SMARTS) is 1. The van der Waals surface area contributed by atoms with Crippen molar-refractivity contribution in [2.75, 3.05) is 49.2 Å². The van der Waals surface area contributed by atoms with Gasteiger partial charge in [0.15, 0.2) is 5.58 Å². The van der Waals surface area contributed by atoms with Crippen LogP contribution in [0.2, 0.25) is 0 Å². The van der Waals surface area contributed by atoms with Gasteiger partial charge in [0.1, 0.15) is 0 Å². The first kappa shape index (κ1) is 17.3. The standard InChI is InChI=1S/C15H18N6O6/c22-15(23)16-9-1-2-20(8-9)13-10(21(24)25)7-11-12(17-13)18-14(27-11)19-3-5-26-6-4-19/h7,9,16H,1-6,8H2,(H,22,23)/t9-/m0/s1. The van der Waals surface area contributed by atoms with Crippen molar-refractivity contribution < 1.29 is 24.0 Å². The lowest BCUT2D eigenvalue weighted by atomic mass is 10.3. The Bertz CT molecular complexity index is 879. The van der Waals surface area contributed by atoms with Gasteiger partial charge in [-0.3, -0.25) is 10.1 Å². The summed E-state index contributed by atoms with van der Waals surface area (Å²) in [6.07, 6.45) is -0.576. The molecule has 1 amide bonds. The Morgan fingerprint density at radius 1 is 1.30 bits per heavy atom. The SMILES string of the molecule is O=C(O)N[C@H]1CCN(c2nc3nc(N4CCOCC4)oc3cc2[N+](=O)[O-])C1. The van der Waals surface area contributed by atoms with Crippen LogP contribution in [0.1, 0.15) is 6.42 Å². The van der Waals surface area contributed by atoms with Gasteiger partial charge >= 0.3 is 11.8 Å². The Balaban J connectivity index is 1.66. The van der Waals surface area contributed by atoms with Crippen LogP contribution in [0.4, 0.5) is 22.3 Å². The van der Waals surface area contributed by atoms with E-state index >= 15 is 0 Å². The van der Waals surface area contributed by atoms with Crippen LogP contribution in [-0.4, -0.2) is 71.5 Å². The number of nitrogens with one attached hydrogen (secondary N) is 1. The minimum atomic E-state index is -1.12. The van der Waals surface area contributed by atoms with E-state index in [1.165, 1.54) is 6.07 Å². The van der Waals surface area contributed by atoms with E-state index in [2.05, 4.69) is 15.3 Å². The van der Waals surface area contributed by atoms with Gasteiger partial charge in [0.25, 0.3) is 6.01 Å². The lowest BCUT2D eigenvalue weighted by Gasteiger charge is -2.24. The lowest BCUT2D eigenvalue weighted by Crippen LogP contribution is -2.36. The van der Waals surface area contributed by atoms with E-state index in [4.69, 9.17) is 14.3 Å². The van der Waals surface area contributed by atoms with Crippen LogP contribution in [0.5, 0.6) is 0 Å². The van der Waals surface area contributed by atoms with Gasteiger partial charge in [0, 0.05) is 26.2 Å². The van der Waals surface area contributed by atoms with Crippen molar-refractivity contribution in [2.24, 2.45) is 0 Å². The molecule has 0 aliphatic carbocycles. The molecular weight excluding hydrogens is 360 g/mol. The molecule has 2 aromatic rings. The lowest BCUT2D eigenvalue weighted by molar-refractivity contribution is -0.384. The molecule has 0 spiro atoms. The topological polar surface area (TPSA) is 147 Å². The highest BCUT2D eigenvalue weighted by Crippen LogP contribution is 2.33. The fourth-order valence-corrected chi connectivity index (χ4v) is 3.33. The summed E-state index contributed by atoms with van der Waals surface area (Å²) in [6, 6.07) is 1.38. The van der Waals surface area contributed by atoms with Gasteiger partial charge in [0.2, 0.25) is 11.5 Å². The van der Waals surface area contributed by atoms with E-state index in [9.17, 15) is 14.9 Å². The molecule has 0 bridgehead atoms. The molecule has 0 radical (unpaired) electrons. The maximum atomic E-state index is 11.5. The number of oxazole rings is 1. The Kier molecular flexibility index (Phi) is 4.39. The monoisotopic (exact) mass is 378 g/mol. The fraction of sp³-hybridized carbons (Fsp3) is 0.533. The molecule has 12 heteroatoms. The molecule has 27 heavy (non-hydrogen) atoms. The second-order valence-corrected chi connectivity index (χ2v) is 6.39. The summed E-state index contributed by atoms with van der Waals surface area (Å²) >= 11 is 0. The molecule has 12 nitrogen and oxygen atoms in total. The first-order chi connectivity index (χ1) is 13.0. The summed E-state index contributed by atoms with van der Waals surface area (Å²) in [6.45, 7) is 3.12. The van der Waals surface area contributed by atoms with Crippen molar-refractivity contribution in [3.63, 3.8) is 0 Å². The van der Waals surface area contributed by atoms with Crippen molar-refractivity contribution in [2.45, 2.75) is 12.5 Å². The van der Waals surface area contributed by atoms with Crippen molar-refractivity contribution in [1.29, 1.82) is 0 Å². The first-order valence-corrected chi connectivity index (χ1v) is 8.54. The molecule has 2 aliphatic rings. The zero-order valence-electron chi connectivity index (χ0n) is 14.3. The fourth-order valence-electron chi connectivity index (χ4n) is 3.33. The number of hydrogen-bond acceptors (Lipinski definition) is 9. The molecule has 1 atom stereocenters. The molecule has 4 heterocycles. The first-order valence-electron chi connectivity index (χ1n) is 8.54. The molecule has 144 valence electrons. The molecule has 2 saturated heterocycles. The second-order valence-electron chi connectivity index (χ2n) is 6.39. The number of morpholine rings is 1. The summed E-state index contributed by atoms with van der Waals surface area (Å²) in [5.41, 5.74) is 0.334. The number of aromatic nitrogens is 2. The summed E-state index contributed by atoms with van der Waals surface area (Å²) in [7, 11) is 0. The zero-order chi connectivity index (χ0) is 19.0. The third kappa shape index (κ3) is 3.43. The normalized spacial score (nSPS) is 20.2. The van der Waals surface area contributed by atoms with E-state index < -0.39 is 11.0 Å². The van der Waals surface area contributed by atoms with E-state index in [-0.39, 0.29) is 28.8 Å². The third-order valence-electron chi connectivity index (χ3n) is 4.63. The van der Waals surface area contributed by atoms with Crippen molar-refractivity contribution in [1.82, 2.24) is 15.3 Å². The van der Waals surface area contributed by atoms with E-state index in [1.807, 2.05) is 4.90 Å². The third-order valence-corrected chi connectivity index (χ3v) is 4.63. The molecule has 2 aliphatic heterocycles. The van der Waals surface area contributed by atoms with Gasteiger partial charge in [-0.05, 0) is 6.42 Å². The van der Waals surface area contributed by atoms with Crippen molar-refractivity contribution in [3.8, 4) is 0 Å². The van der Waals surface area contributed by atoms with Gasteiger partial charge < -0.3 is 29.4 Å². The molecular formula is C15H18N6O6. The Morgan fingerprint density at radius 3 is 2.78 bits per heavy atom. The van der Waals surface area contributed by atoms with Crippen LogP contribution in [0.25, 0.3) is 11.2 Å². The van der Waals surface area contributed by atoms with E-state index in [0.717, 1.165) is 0 Å². The molecule has 2 fully saturated rings. The number of fused-ring (bicyclic) bond motifs is 1.